The number of nitrogens with zero attached hydrogens (tertiary/aromatic N) is 1. The molecule has 0 fully saturated rings. The number of hydrogen-bond acceptors (Lipinski definition) is 4. The number of unbranched alkanes of at least 4 members (excludes halogenated alkanes) is 1. The molecule has 6 heteroatoms. The van der Waals surface area contributed by atoms with Gasteiger partial charge < -0.3 is 5.32 Å². The van der Waals surface area contributed by atoms with Crippen molar-refractivity contribution in [2.45, 2.75) is 19.3 Å². The summed E-state index contributed by atoms with van der Waals surface area (Å²) in [6.45, 7) is 1.43. The van der Waals surface area contributed by atoms with Gasteiger partial charge in [0.15, 0.2) is 0 Å². The SMILES string of the molecule is CNCCCCS(=O)(=O)N(C)CCc1cccs1. The Balaban J connectivity index is 2.32. The summed E-state index contributed by atoms with van der Waals surface area (Å²) in [4.78, 5) is 1.23. The van der Waals surface area contributed by atoms with Gasteiger partial charge in [-0.2, -0.15) is 0 Å². The number of thiophene rings is 1. The Morgan fingerprint density at radius 3 is 2.78 bits per heavy atom. The lowest BCUT2D eigenvalue weighted by atomic mass is 10.3. The second-order valence-electron chi connectivity index (χ2n) is 4.28. The van der Waals surface area contributed by atoms with Crippen LogP contribution in [0.3, 0.4) is 0 Å². The van der Waals surface area contributed by atoms with E-state index in [0.717, 1.165) is 19.4 Å². The van der Waals surface area contributed by atoms with Gasteiger partial charge in [0.2, 0.25) is 10.0 Å². The fraction of sp³-hybridized carbons (Fsp3) is 0.667. The molecule has 1 aromatic rings. The summed E-state index contributed by atoms with van der Waals surface area (Å²) in [5.74, 6) is 0.246. The highest BCUT2D eigenvalue weighted by Gasteiger charge is 2.16. The molecule has 0 spiro atoms. The average molecular weight is 290 g/mol. The van der Waals surface area contributed by atoms with Crippen LogP contribution in [0.2, 0.25) is 0 Å². The molecular weight excluding hydrogens is 268 g/mol. The normalized spacial score (nSPS) is 12.2. The molecule has 18 heavy (non-hydrogen) atoms. The van der Waals surface area contributed by atoms with Crippen molar-refractivity contribution in [1.29, 1.82) is 0 Å². The molecule has 0 aliphatic heterocycles. The van der Waals surface area contributed by atoms with Gasteiger partial charge in [0, 0.05) is 18.5 Å². The lowest BCUT2D eigenvalue weighted by Gasteiger charge is -2.16. The van der Waals surface area contributed by atoms with Gasteiger partial charge in [-0.1, -0.05) is 6.07 Å². The minimum atomic E-state index is -3.08. The summed E-state index contributed by atoms with van der Waals surface area (Å²) in [6, 6.07) is 4.03. The van der Waals surface area contributed by atoms with Crippen LogP contribution in [-0.2, 0) is 16.4 Å². The zero-order valence-electron chi connectivity index (χ0n) is 11.1. The smallest absolute Gasteiger partial charge is 0.213 e. The molecule has 0 bridgehead atoms. The molecule has 0 radical (unpaired) electrons. The van der Waals surface area contributed by atoms with Crippen LogP contribution in [0.5, 0.6) is 0 Å². The van der Waals surface area contributed by atoms with Gasteiger partial charge in [-0.25, -0.2) is 12.7 Å². The molecule has 1 N–H and O–H groups in total. The maximum Gasteiger partial charge on any atom is 0.213 e. The van der Waals surface area contributed by atoms with Crippen LogP contribution >= 0.6 is 11.3 Å². The Morgan fingerprint density at radius 2 is 2.17 bits per heavy atom. The van der Waals surface area contributed by atoms with E-state index in [4.69, 9.17) is 0 Å². The third-order valence-electron chi connectivity index (χ3n) is 2.81. The summed E-state index contributed by atoms with van der Waals surface area (Å²) in [7, 11) is 0.461. The minimum absolute atomic E-state index is 0.246. The number of hydrogen-bond donors (Lipinski definition) is 1. The molecule has 0 aliphatic rings. The third kappa shape index (κ3) is 5.48. The minimum Gasteiger partial charge on any atom is -0.320 e. The predicted octanol–water partition coefficient (Wildman–Crippen LogP) is 1.55. The topological polar surface area (TPSA) is 49.4 Å². The molecule has 0 atom stereocenters. The highest BCUT2D eigenvalue weighted by molar-refractivity contribution is 7.89. The van der Waals surface area contributed by atoms with Gasteiger partial charge in [0.05, 0.1) is 5.75 Å². The van der Waals surface area contributed by atoms with Gasteiger partial charge in [-0.3, -0.25) is 0 Å². The van der Waals surface area contributed by atoms with E-state index in [1.807, 2.05) is 24.6 Å². The fourth-order valence-electron chi connectivity index (χ4n) is 1.60. The van der Waals surface area contributed by atoms with Crippen LogP contribution in [0.4, 0.5) is 0 Å². The summed E-state index contributed by atoms with van der Waals surface area (Å²) in [5, 5.41) is 5.04. The molecule has 1 rings (SSSR count). The van der Waals surface area contributed by atoms with Crippen molar-refractivity contribution in [3.8, 4) is 0 Å². The highest BCUT2D eigenvalue weighted by atomic mass is 32.2. The van der Waals surface area contributed by atoms with E-state index < -0.39 is 10.0 Å². The quantitative estimate of drug-likeness (QED) is 0.702. The molecule has 0 aromatic carbocycles. The first-order chi connectivity index (χ1) is 8.56. The molecule has 0 saturated carbocycles. The van der Waals surface area contributed by atoms with Crippen molar-refractivity contribution < 1.29 is 8.42 Å². The monoisotopic (exact) mass is 290 g/mol. The first kappa shape index (κ1) is 15.6. The van der Waals surface area contributed by atoms with Crippen LogP contribution in [0.15, 0.2) is 17.5 Å². The zero-order valence-corrected chi connectivity index (χ0v) is 12.7. The Hall–Kier alpha value is -0.430. The first-order valence-corrected chi connectivity index (χ1v) is 8.66. The van der Waals surface area contributed by atoms with Crippen molar-refractivity contribution in [1.82, 2.24) is 9.62 Å². The zero-order chi connectivity index (χ0) is 13.4. The van der Waals surface area contributed by atoms with Gasteiger partial charge in [0.25, 0.3) is 0 Å². The van der Waals surface area contributed by atoms with Crippen LogP contribution in [0, 0.1) is 0 Å². The second kappa shape index (κ2) is 7.89. The van der Waals surface area contributed by atoms with E-state index in [1.165, 1.54) is 9.18 Å². The van der Waals surface area contributed by atoms with Gasteiger partial charge in [-0.15, -0.1) is 11.3 Å². The van der Waals surface area contributed by atoms with Gasteiger partial charge in [0.1, 0.15) is 0 Å². The maximum atomic E-state index is 12.0. The Kier molecular flexibility index (Phi) is 6.85. The molecule has 0 aliphatic carbocycles. The van der Waals surface area contributed by atoms with Crippen molar-refractivity contribution in [2.24, 2.45) is 0 Å². The summed E-state index contributed by atoms with van der Waals surface area (Å²) >= 11 is 1.67. The lowest BCUT2D eigenvalue weighted by molar-refractivity contribution is 0.471. The second-order valence-corrected chi connectivity index (χ2v) is 7.51. The van der Waals surface area contributed by atoms with E-state index >= 15 is 0 Å². The number of sulfonamides is 1. The van der Waals surface area contributed by atoms with E-state index in [0.29, 0.717) is 13.0 Å². The lowest BCUT2D eigenvalue weighted by Crippen LogP contribution is -2.31. The molecule has 1 aromatic heterocycles. The molecule has 0 amide bonds. The summed E-state index contributed by atoms with van der Waals surface area (Å²) < 4.78 is 25.4. The van der Waals surface area contributed by atoms with E-state index in [1.54, 1.807) is 18.4 Å². The molecule has 0 unspecified atom stereocenters. The first-order valence-electron chi connectivity index (χ1n) is 6.17. The standard InChI is InChI=1S/C12H22N2O2S2/c1-13-8-3-4-11-18(15,16)14(2)9-7-12-6-5-10-17-12/h5-6,10,13H,3-4,7-9,11H2,1-2H3. The predicted molar refractivity (Wildman–Crippen MR) is 77.6 cm³/mol. The maximum absolute atomic E-state index is 12.0. The van der Waals surface area contributed by atoms with E-state index in [9.17, 15) is 8.42 Å². The molecule has 104 valence electrons. The largest absolute Gasteiger partial charge is 0.320 e. The van der Waals surface area contributed by atoms with Crippen LogP contribution in [0.25, 0.3) is 0 Å². The van der Waals surface area contributed by atoms with Crippen LogP contribution in [0.1, 0.15) is 17.7 Å². The van der Waals surface area contributed by atoms with Crippen molar-refractivity contribution >= 4 is 21.4 Å². The average Bonchev–Trinajstić information content (AvgIpc) is 2.84. The Bertz CT molecular complexity index is 415. The third-order valence-corrected chi connectivity index (χ3v) is 5.68. The van der Waals surface area contributed by atoms with Crippen LogP contribution < -0.4 is 5.32 Å². The van der Waals surface area contributed by atoms with Gasteiger partial charge >= 0.3 is 0 Å². The molecule has 4 nitrogen and oxygen atoms in total. The van der Waals surface area contributed by atoms with E-state index in [-0.39, 0.29) is 5.75 Å². The Labute approximate surface area is 114 Å². The van der Waals surface area contributed by atoms with Crippen molar-refractivity contribution in [2.75, 3.05) is 32.9 Å². The highest BCUT2D eigenvalue weighted by Crippen LogP contribution is 2.11. The summed E-state index contributed by atoms with van der Waals surface area (Å²) in [6.07, 6.45) is 2.41. The number of nitrogens with one attached hydrogen (secondary N) is 1. The fourth-order valence-corrected chi connectivity index (χ4v) is 3.55. The molecule has 1 heterocycles. The summed E-state index contributed by atoms with van der Waals surface area (Å²) in [5.41, 5.74) is 0. The number of likely N-dealkylation sites (N-methyl/N-ethyl adjacent to an activating group) is 1. The molecular formula is C12H22N2O2S2. The number of rotatable bonds is 9. The van der Waals surface area contributed by atoms with Gasteiger partial charge in [-0.05, 0) is 44.3 Å². The van der Waals surface area contributed by atoms with Crippen molar-refractivity contribution in [3.05, 3.63) is 22.4 Å². The van der Waals surface area contributed by atoms with E-state index in [2.05, 4.69) is 5.32 Å². The Morgan fingerprint density at radius 1 is 1.39 bits per heavy atom. The van der Waals surface area contributed by atoms with Crippen molar-refractivity contribution in [3.63, 3.8) is 0 Å². The van der Waals surface area contributed by atoms with Crippen LogP contribution in [-0.4, -0.2) is 45.7 Å². The molecule has 0 saturated heterocycles.